The third kappa shape index (κ3) is 6.65. The number of rotatable bonds is 8. The highest BCUT2D eigenvalue weighted by Crippen LogP contribution is 2.23. The molecule has 0 radical (unpaired) electrons. The molecule has 0 aliphatic carbocycles. The second-order valence-corrected chi connectivity index (χ2v) is 7.97. The molecular weight excluding hydrogens is 411 g/mol. The number of hydrogen-bond acceptors (Lipinski definition) is 3. The minimum Gasteiger partial charge on any atom is -0.497 e. The number of nitrogens with one attached hydrogen (secondary N) is 1. The van der Waals surface area contributed by atoms with Crippen molar-refractivity contribution in [2.75, 3.05) is 7.11 Å². The topological polar surface area (TPSA) is 58.6 Å². The van der Waals surface area contributed by atoms with Gasteiger partial charge in [-0.3, -0.25) is 9.59 Å². The molecule has 0 saturated carbocycles. The number of nitrogens with zero attached hydrogens (tertiary/aromatic N) is 1. The summed E-state index contributed by atoms with van der Waals surface area (Å²) in [5.74, 6) is 0.325. The summed E-state index contributed by atoms with van der Waals surface area (Å²) in [6.45, 7) is 5.78. The maximum atomic E-state index is 13.1. The number of halogens is 2. The number of ether oxygens (including phenoxy) is 1. The third-order valence-electron chi connectivity index (χ3n) is 4.47. The van der Waals surface area contributed by atoms with Crippen LogP contribution in [0, 0.1) is 0 Å². The van der Waals surface area contributed by atoms with E-state index in [2.05, 4.69) is 5.32 Å². The van der Waals surface area contributed by atoms with Crippen LogP contribution in [0.4, 0.5) is 0 Å². The van der Waals surface area contributed by atoms with Gasteiger partial charge in [0, 0.05) is 22.6 Å². The lowest BCUT2D eigenvalue weighted by molar-refractivity contribution is -0.140. The first-order valence-electron chi connectivity index (χ1n) is 9.38. The third-order valence-corrected chi connectivity index (χ3v) is 5.05. The monoisotopic (exact) mass is 436 g/mol. The van der Waals surface area contributed by atoms with E-state index in [9.17, 15) is 9.59 Å². The maximum absolute atomic E-state index is 13.1. The molecule has 0 aliphatic rings. The first kappa shape index (κ1) is 23.0. The summed E-state index contributed by atoms with van der Waals surface area (Å²) in [4.78, 5) is 27.3. The van der Waals surface area contributed by atoms with E-state index in [-0.39, 0.29) is 24.3 Å². The fraction of sp³-hybridized carbons (Fsp3) is 0.364. The van der Waals surface area contributed by atoms with E-state index in [1.807, 2.05) is 38.1 Å². The summed E-state index contributed by atoms with van der Waals surface area (Å²) in [7, 11) is 1.60. The molecule has 2 aromatic carbocycles. The van der Waals surface area contributed by atoms with Crippen molar-refractivity contribution in [3.05, 3.63) is 63.6 Å². The summed E-state index contributed by atoms with van der Waals surface area (Å²) < 4.78 is 5.18. The van der Waals surface area contributed by atoms with Gasteiger partial charge >= 0.3 is 0 Å². The van der Waals surface area contributed by atoms with Crippen LogP contribution in [-0.4, -0.2) is 35.9 Å². The predicted molar refractivity (Wildman–Crippen MR) is 116 cm³/mol. The highest BCUT2D eigenvalue weighted by Gasteiger charge is 2.27. The first-order valence-corrected chi connectivity index (χ1v) is 10.1. The fourth-order valence-corrected chi connectivity index (χ4v) is 3.32. The van der Waals surface area contributed by atoms with E-state index in [4.69, 9.17) is 27.9 Å². The largest absolute Gasteiger partial charge is 0.497 e. The minimum absolute atomic E-state index is 0.0198. The predicted octanol–water partition coefficient (Wildman–Crippen LogP) is 4.49. The molecule has 156 valence electrons. The highest BCUT2D eigenvalue weighted by molar-refractivity contribution is 6.35. The van der Waals surface area contributed by atoms with Crippen LogP contribution in [0.25, 0.3) is 0 Å². The fourth-order valence-electron chi connectivity index (χ4n) is 2.84. The van der Waals surface area contributed by atoms with Crippen LogP contribution < -0.4 is 10.1 Å². The SMILES string of the molecule is COc1ccc(CN(C(=O)Cc2ccc(Cl)cc2Cl)[C@@H](C)C(=O)NC(C)C)cc1. The molecule has 0 aliphatic heterocycles. The van der Waals surface area contributed by atoms with Crippen molar-refractivity contribution >= 4 is 35.0 Å². The van der Waals surface area contributed by atoms with Crippen molar-refractivity contribution in [3.63, 3.8) is 0 Å². The average Bonchev–Trinajstić information content (AvgIpc) is 2.67. The Morgan fingerprint density at radius 2 is 1.72 bits per heavy atom. The van der Waals surface area contributed by atoms with E-state index in [0.717, 1.165) is 11.3 Å². The lowest BCUT2D eigenvalue weighted by atomic mass is 10.1. The summed E-state index contributed by atoms with van der Waals surface area (Å²) >= 11 is 12.2. The van der Waals surface area contributed by atoms with Gasteiger partial charge in [0.1, 0.15) is 11.8 Å². The second-order valence-electron chi connectivity index (χ2n) is 7.12. The minimum atomic E-state index is -0.641. The Labute approximate surface area is 181 Å². The zero-order valence-electron chi connectivity index (χ0n) is 17.0. The Hall–Kier alpha value is -2.24. The van der Waals surface area contributed by atoms with Gasteiger partial charge < -0.3 is 15.0 Å². The highest BCUT2D eigenvalue weighted by atomic mass is 35.5. The molecular formula is C22H26Cl2N2O3. The van der Waals surface area contributed by atoms with Gasteiger partial charge in [0.05, 0.1) is 13.5 Å². The first-order chi connectivity index (χ1) is 13.7. The molecule has 0 fully saturated rings. The number of carbonyl (C=O) groups is 2. The van der Waals surface area contributed by atoms with Gasteiger partial charge in [0.15, 0.2) is 0 Å². The Balaban J connectivity index is 2.26. The number of hydrogen-bond donors (Lipinski definition) is 1. The summed E-state index contributed by atoms with van der Waals surface area (Å²) in [6, 6.07) is 11.8. The average molecular weight is 437 g/mol. The van der Waals surface area contributed by atoms with Crippen LogP contribution in [-0.2, 0) is 22.6 Å². The molecule has 0 unspecified atom stereocenters. The molecule has 0 spiro atoms. The number of amides is 2. The zero-order chi connectivity index (χ0) is 21.6. The molecule has 1 N–H and O–H groups in total. The van der Waals surface area contributed by atoms with Gasteiger partial charge in [-0.1, -0.05) is 41.4 Å². The Morgan fingerprint density at radius 1 is 1.07 bits per heavy atom. The van der Waals surface area contributed by atoms with Gasteiger partial charge in [0.2, 0.25) is 11.8 Å². The summed E-state index contributed by atoms with van der Waals surface area (Å²) in [5, 5.41) is 3.80. The second kappa shape index (κ2) is 10.5. The molecule has 1 atom stereocenters. The van der Waals surface area contributed by atoms with E-state index >= 15 is 0 Å². The van der Waals surface area contributed by atoms with Gasteiger partial charge in [0.25, 0.3) is 0 Å². The standard InChI is InChI=1S/C22H26Cl2N2O3/c1-14(2)25-22(28)15(3)26(13-16-5-9-19(29-4)10-6-16)21(27)11-17-7-8-18(23)12-20(17)24/h5-10,12,14-15H,11,13H2,1-4H3,(H,25,28)/t15-/m0/s1. The van der Waals surface area contributed by atoms with Crippen LogP contribution in [0.3, 0.4) is 0 Å². The van der Waals surface area contributed by atoms with Gasteiger partial charge in [-0.2, -0.15) is 0 Å². The quantitative estimate of drug-likeness (QED) is 0.662. The lowest BCUT2D eigenvalue weighted by Crippen LogP contribution is -2.49. The Bertz CT molecular complexity index is 854. The van der Waals surface area contributed by atoms with E-state index in [0.29, 0.717) is 22.2 Å². The van der Waals surface area contributed by atoms with Gasteiger partial charge in [-0.05, 0) is 56.2 Å². The van der Waals surface area contributed by atoms with Gasteiger partial charge in [-0.25, -0.2) is 0 Å². The molecule has 0 heterocycles. The van der Waals surface area contributed by atoms with Crippen LogP contribution in [0.1, 0.15) is 31.9 Å². The van der Waals surface area contributed by atoms with Crippen molar-refractivity contribution in [1.29, 1.82) is 0 Å². The van der Waals surface area contributed by atoms with Crippen molar-refractivity contribution < 1.29 is 14.3 Å². The number of benzene rings is 2. The van der Waals surface area contributed by atoms with E-state index in [1.54, 1.807) is 37.1 Å². The van der Waals surface area contributed by atoms with Crippen LogP contribution in [0.2, 0.25) is 10.0 Å². The van der Waals surface area contributed by atoms with Gasteiger partial charge in [-0.15, -0.1) is 0 Å². The van der Waals surface area contributed by atoms with Crippen molar-refractivity contribution in [2.24, 2.45) is 0 Å². The van der Waals surface area contributed by atoms with Crippen molar-refractivity contribution in [2.45, 2.75) is 45.8 Å². The number of carbonyl (C=O) groups excluding carboxylic acids is 2. The lowest BCUT2D eigenvalue weighted by Gasteiger charge is -2.29. The number of methoxy groups -OCH3 is 1. The maximum Gasteiger partial charge on any atom is 0.242 e. The smallest absolute Gasteiger partial charge is 0.242 e. The van der Waals surface area contributed by atoms with Crippen molar-refractivity contribution in [1.82, 2.24) is 10.2 Å². The normalized spacial score (nSPS) is 11.8. The molecule has 5 nitrogen and oxygen atoms in total. The van der Waals surface area contributed by atoms with E-state index < -0.39 is 6.04 Å². The molecule has 2 rings (SSSR count). The molecule has 2 aromatic rings. The molecule has 0 aromatic heterocycles. The molecule has 0 saturated heterocycles. The molecule has 2 amide bonds. The van der Waals surface area contributed by atoms with E-state index in [1.165, 1.54) is 0 Å². The summed E-state index contributed by atoms with van der Waals surface area (Å²) in [6.07, 6.45) is 0.0749. The molecule has 0 bridgehead atoms. The Kier molecular flexibility index (Phi) is 8.35. The zero-order valence-corrected chi connectivity index (χ0v) is 18.6. The van der Waals surface area contributed by atoms with Crippen LogP contribution >= 0.6 is 23.2 Å². The van der Waals surface area contributed by atoms with Crippen LogP contribution in [0.5, 0.6) is 5.75 Å². The summed E-state index contributed by atoms with van der Waals surface area (Å²) in [5.41, 5.74) is 1.56. The Morgan fingerprint density at radius 3 is 2.28 bits per heavy atom. The molecule has 7 heteroatoms. The van der Waals surface area contributed by atoms with Crippen molar-refractivity contribution in [3.8, 4) is 5.75 Å². The molecule has 29 heavy (non-hydrogen) atoms. The van der Waals surface area contributed by atoms with Crippen LogP contribution in [0.15, 0.2) is 42.5 Å².